The second kappa shape index (κ2) is 7.02. The van der Waals surface area contributed by atoms with Gasteiger partial charge in [-0.15, -0.1) is 0 Å². The number of rotatable bonds is 4. The van der Waals surface area contributed by atoms with Crippen LogP contribution in [0, 0.1) is 6.92 Å². The first-order chi connectivity index (χ1) is 11.6. The zero-order chi connectivity index (χ0) is 17.1. The lowest BCUT2D eigenvalue weighted by atomic mass is 10.2. The summed E-state index contributed by atoms with van der Waals surface area (Å²) in [5.41, 5.74) is 0.857. The van der Waals surface area contributed by atoms with E-state index in [-0.39, 0.29) is 17.9 Å². The highest BCUT2D eigenvalue weighted by Gasteiger charge is 2.32. The third-order valence-corrected chi connectivity index (χ3v) is 4.28. The van der Waals surface area contributed by atoms with Gasteiger partial charge in [-0.25, -0.2) is 4.98 Å². The van der Waals surface area contributed by atoms with Crippen molar-refractivity contribution in [3.8, 4) is 5.88 Å². The number of nitrogens with zero attached hydrogens (tertiary/aromatic N) is 4. The molecule has 0 aromatic carbocycles. The lowest BCUT2D eigenvalue weighted by molar-refractivity contribution is -0.134. The SMILES string of the molecule is CCOc1cc(C)nc(N2CCN(C(=O)[C@H]3CCC(=O)N3)CC2)n1. The van der Waals surface area contributed by atoms with E-state index in [4.69, 9.17) is 4.74 Å². The summed E-state index contributed by atoms with van der Waals surface area (Å²) in [5.74, 6) is 1.19. The van der Waals surface area contributed by atoms with Gasteiger partial charge in [0.15, 0.2) is 0 Å². The van der Waals surface area contributed by atoms with Gasteiger partial charge >= 0.3 is 0 Å². The molecule has 3 heterocycles. The number of amides is 2. The van der Waals surface area contributed by atoms with Crippen LogP contribution in [0.2, 0.25) is 0 Å². The molecule has 1 aromatic rings. The molecule has 2 fully saturated rings. The van der Waals surface area contributed by atoms with Gasteiger partial charge in [-0.1, -0.05) is 0 Å². The molecule has 0 aliphatic carbocycles. The number of anilines is 1. The van der Waals surface area contributed by atoms with Crippen LogP contribution < -0.4 is 15.0 Å². The Morgan fingerprint density at radius 2 is 2.08 bits per heavy atom. The minimum Gasteiger partial charge on any atom is -0.478 e. The van der Waals surface area contributed by atoms with Gasteiger partial charge in [-0.05, 0) is 20.3 Å². The van der Waals surface area contributed by atoms with Crippen LogP contribution in [0.25, 0.3) is 0 Å². The molecule has 2 aliphatic heterocycles. The van der Waals surface area contributed by atoms with Gasteiger partial charge in [0.1, 0.15) is 6.04 Å². The Bertz CT molecular complexity index is 628. The molecule has 130 valence electrons. The molecule has 1 atom stereocenters. The number of piperazine rings is 1. The van der Waals surface area contributed by atoms with Crippen molar-refractivity contribution in [2.24, 2.45) is 0 Å². The first-order valence-corrected chi connectivity index (χ1v) is 8.38. The molecule has 8 heteroatoms. The molecule has 24 heavy (non-hydrogen) atoms. The number of hydrogen-bond donors (Lipinski definition) is 1. The minimum atomic E-state index is -0.358. The van der Waals surface area contributed by atoms with E-state index < -0.39 is 0 Å². The maximum absolute atomic E-state index is 12.4. The monoisotopic (exact) mass is 333 g/mol. The van der Waals surface area contributed by atoms with Gasteiger partial charge in [0.25, 0.3) is 0 Å². The second-order valence-corrected chi connectivity index (χ2v) is 6.05. The number of aryl methyl sites for hydroxylation is 1. The Labute approximate surface area is 141 Å². The van der Waals surface area contributed by atoms with Crippen LogP contribution >= 0.6 is 0 Å². The molecule has 3 rings (SSSR count). The summed E-state index contributed by atoms with van der Waals surface area (Å²) in [5, 5.41) is 2.74. The second-order valence-electron chi connectivity index (χ2n) is 6.05. The number of nitrogens with one attached hydrogen (secondary N) is 1. The van der Waals surface area contributed by atoms with Crippen molar-refractivity contribution in [1.82, 2.24) is 20.2 Å². The van der Waals surface area contributed by atoms with E-state index in [1.165, 1.54) is 0 Å². The topological polar surface area (TPSA) is 87.7 Å². The summed E-state index contributed by atoms with van der Waals surface area (Å²) >= 11 is 0. The van der Waals surface area contributed by atoms with E-state index in [1.807, 2.05) is 24.8 Å². The van der Waals surface area contributed by atoms with Gasteiger partial charge in [0.05, 0.1) is 6.61 Å². The Kier molecular flexibility index (Phi) is 4.82. The highest BCUT2D eigenvalue weighted by molar-refractivity contribution is 5.90. The van der Waals surface area contributed by atoms with E-state index in [0.717, 1.165) is 5.69 Å². The van der Waals surface area contributed by atoms with E-state index in [1.54, 1.807) is 0 Å². The highest BCUT2D eigenvalue weighted by atomic mass is 16.5. The summed E-state index contributed by atoms with van der Waals surface area (Å²) in [6.45, 7) is 6.94. The molecular weight excluding hydrogens is 310 g/mol. The average Bonchev–Trinajstić information content (AvgIpc) is 3.00. The molecule has 8 nitrogen and oxygen atoms in total. The van der Waals surface area contributed by atoms with Crippen molar-refractivity contribution in [3.05, 3.63) is 11.8 Å². The summed E-state index contributed by atoms with van der Waals surface area (Å²) in [4.78, 5) is 36.5. The van der Waals surface area contributed by atoms with Gasteiger partial charge in [0.2, 0.25) is 23.6 Å². The van der Waals surface area contributed by atoms with Crippen LogP contribution in [0.5, 0.6) is 5.88 Å². The summed E-state index contributed by atoms with van der Waals surface area (Å²) in [6.07, 6.45) is 1.03. The first-order valence-electron chi connectivity index (χ1n) is 8.38. The van der Waals surface area contributed by atoms with Crippen LogP contribution in [0.1, 0.15) is 25.5 Å². The van der Waals surface area contributed by atoms with E-state index >= 15 is 0 Å². The van der Waals surface area contributed by atoms with Crippen LogP contribution in [-0.2, 0) is 9.59 Å². The third-order valence-electron chi connectivity index (χ3n) is 4.28. The molecule has 1 N–H and O–H groups in total. The lowest BCUT2D eigenvalue weighted by Crippen LogP contribution is -2.53. The van der Waals surface area contributed by atoms with Crippen molar-refractivity contribution < 1.29 is 14.3 Å². The van der Waals surface area contributed by atoms with Gasteiger partial charge < -0.3 is 19.9 Å². The largest absolute Gasteiger partial charge is 0.478 e. The number of carbonyl (C=O) groups is 2. The molecular formula is C16H23N5O3. The number of hydrogen-bond acceptors (Lipinski definition) is 6. The van der Waals surface area contributed by atoms with Crippen LogP contribution in [-0.4, -0.2) is 65.5 Å². The standard InChI is InChI=1S/C16H23N5O3/c1-3-24-14-10-11(2)17-16(19-14)21-8-6-20(7-9-21)15(23)12-4-5-13(22)18-12/h10,12H,3-9H2,1-2H3,(H,18,22)/t12-/m1/s1. The fourth-order valence-electron chi connectivity index (χ4n) is 3.03. The summed E-state index contributed by atoms with van der Waals surface area (Å²) < 4.78 is 5.47. The molecule has 0 saturated carbocycles. The maximum Gasteiger partial charge on any atom is 0.245 e. The Morgan fingerprint density at radius 3 is 2.71 bits per heavy atom. The van der Waals surface area contributed by atoms with E-state index in [2.05, 4.69) is 20.2 Å². The normalized spacial score (nSPS) is 20.9. The zero-order valence-corrected chi connectivity index (χ0v) is 14.1. The number of ether oxygens (including phenoxy) is 1. The van der Waals surface area contributed by atoms with Gasteiger partial charge in [0, 0.05) is 44.4 Å². The minimum absolute atomic E-state index is 0.0145. The molecule has 0 unspecified atom stereocenters. The quantitative estimate of drug-likeness (QED) is 0.841. The van der Waals surface area contributed by atoms with Crippen LogP contribution in [0.4, 0.5) is 5.95 Å². The smallest absolute Gasteiger partial charge is 0.245 e. The van der Waals surface area contributed by atoms with Gasteiger partial charge in [-0.2, -0.15) is 4.98 Å². The number of carbonyl (C=O) groups excluding carboxylic acids is 2. The Balaban J connectivity index is 1.60. The maximum atomic E-state index is 12.4. The summed E-state index contributed by atoms with van der Waals surface area (Å²) in [6, 6.07) is 1.46. The Morgan fingerprint density at radius 1 is 1.33 bits per heavy atom. The van der Waals surface area contributed by atoms with Crippen molar-refractivity contribution in [3.63, 3.8) is 0 Å². The van der Waals surface area contributed by atoms with Crippen molar-refractivity contribution >= 4 is 17.8 Å². The molecule has 0 spiro atoms. The number of aromatic nitrogens is 2. The predicted octanol–water partition coefficient (Wildman–Crippen LogP) is 0.111. The zero-order valence-electron chi connectivity index (χ0n) is 14.1. The average molecular weight is 333 g/mol. The van der Waals surface area contributed by atoms with Crippen molar-refractivity contribution in [1.29, 1.82) is 0 Å². The fourth-order valence-corrected chi connectivity index (χ4v) is 3.03. The van der Waals surface area contributed by atoms with Crippen LogP contribution in [0.15, 0.2) is 6.07 Å². The molecule has 2 amide bonds. The summed E-state index contributed by atoms with van der Waals surface area (Å²) in [7, 11) is 0. The van der Waals surface area contributed by atoms with E-state index in [9.17, 15) is 9.59 Å². The van der Waals surface area contributed by atoms with Gasteiger partial charge in [-0.3, -0.25) is 9.59 Å². The molecule has 0 bridgehead atoms. The lowest BCUT2D eigenvalue weighted by Gasteiger charge is -2.36. The van der Waals surface area contributed by atoms with Crippen molar-refractivity contribution in [2.75, 3.05) is 37.7 Å². The molecule has 0 radical (unpaired) electrons. The van der Waals surface area contributed by atoms with Crippen molar-refractivity contribution in [2.45, 2.75) is 32.7 Å². The van der Waals surface area contributed by atoms with E-state index in [0.29, 0.717) is 57.5 Å². The Hall–Kier alpha value is -2.38. The first kappa shape index (κ1) is 16.5. The fraction of sp³-hybridized carbons (Fsp3) is 0.625. The van der Waals surface area contributed by atoms with Crippen LogP contribution in [0.3, 0.4) is 0 Å². The molecule has 2 saturated heterocycles. The highest BCUT2D eigenvalue weighted by Crippen LogP contribution is 2.18. The third kappa shape index (κ3) is 3.58. The molecule has 1 aromatic heterocycles. The molecule has 2 aliphatic rings. The predicted molar refractivity (Wildman–Crippen MR) is 87.9 cm³/mol.